The SMILES string of the molecule is ClCCOc1c(Cl)ccc2cc3ccccc3cc12. The van der Waals surface area contributed by atoms with E-state index in [1.807, 2.05) is 24.3 Å². The predicted octanol–water partition coefficient (Wildman–Crippen LogP) is 5.26. The first-order valence-corrected chi connectivity index (χ1v) is 7.00. The van der Waals surface area contributed by atoms with Crippen molar-refractivity contribution in [2.75, 3.05) is 12.5 Å². The second-order valence-corrected chi connectivity index (χ2v) is 5.12. The Morgan fingerprint density at radius 3 is 2.37 bits per heavy atom. The van der Waals surface area contributed by atoms with Gasteiger partial charge in [0.1, 0.15) is 12.4 Å². The van der Waals surface area contributed by atoms with Crippen molar-refractivity contribution in [2.24, 2.45) is 0 Å². The molecule has 0 saturated carbocycles. The smallest absolute Gasteiger partial charge is 0.145 e. The van der Waals surface area contributed by atoms with E-state index in [0.29, 0.717) is 23.3 Å². The molecule has 0 fully saturated rings. The molecule has 3 heteroatoms. The van der Waals surface area contributed by atoms with Gasteiger partial charge in [0.25, 0.3) is 0 Å². The number of alkyl halides is 1. The van der Waals surface area contributed by atoms with Crippen molar-refractivity contribution >= 4 is 44.7 Å². The molecule has 0 radical (unpaired) electrons. The number of ether oxygens (including phenoxy) is 1. The zero-order valence-corrected chi connectivity index (χ0v) is 11.7. The van der Waals surface area contributed by atoms with E-state index in [2.05, 4.69) is 24.3 Å². The van der Waals surface area contributed by atoms with E-state index in [0.717, 1.165) is 10.8 Å². The van der Waals surface area contributed by atoms with Gasteiger partial charge in [-0.25, -0.2) is 0 Å². The molecule has 3 aromatic rings. The molecule has 0 aliphatic carbocycles. The first kappa shape index (κ1) is 12.6. The minimum Gasteiger partial charge on any atom is -0.490 e. The third kappa shape index (κ3) is 2.36. The average molecular weight is 291 g/mol. The van der Waals surface area contributed by atoms with E-state index in [-0.39, 0.29) is 0 Å². The molecule has 0 amide bonds. The fourth-order valence-electron chi connectivity index (χ4n) is 2.25. The second-order valence-electron chi connectivity index (χ2n) is 4.33. The first-order valence-electron chi connectivity index (χ1n) is 6.09. The molecule has 0 saturated heterocycles. The largest absolute Gasteiger partial charge is 0.490 e. The highest BCUT2D eigenvalue weighted by Crippen LogP contribution is 2.35. The maximum absolute atomic E-state index is 6.22. The topological polar surface area (TPSA) is 9.23 Å². The van der Waals surface area contributed by atoms with E-state index in [4.69, 9.17) is 27.9 Å². The summed E-state index contributed by atoms with van der Waals surface area (Å²) in [7, 11) is 0. The van der Waals surface area contributed by atoms with Gasteiger partial charge in [-0.3, -0.25) is 0 Å². The van der Waals surface area contributed by atoms with Crippen molar-refractivity contribution in [3.63, 3.8) is 0 Å². The van der Waals surface area contributed by atoms with Crippen LogP contribution in [0.2, 0.25) is 5.02 Å². The molecule has 0 unspecified atom stereocenters. The van der Waals surface area contributed by atoms with Crippen molar-refractivity contribution in [3.05, 3.63) is 53.6 Å². The minimum absolute atomic E-state index is 0.445. The molecule has 19 heavy (non-hydrogen) atoms. The summed E-state index contributed by atoms with van der Waals surface area (Å²) < 4.78 is 5.68. The van der Waals surface area contributed by atoms with E-state index in [1.165, 1.54) is 10.8 Å². The standard InChI is InChI=1S/C16H12Cl2O/c17-7-8-19-16-14-10-12-4-2-1-3-11(12)9-13(14)5-6-15(16)18/h1-6,9-10H,7-8H2. The van der Waals surface area contributed by atoms with Gasteiger partial charge >= 0.3 is 0 Å². The summed E-state index contributed by atoms with van der Waals surface area (Å²) in [6.45, 7) is 0.452. The van der Waals surface area contributed by atoms with Crippen LogP contribution in [0.4, 0.5) is 0 Å². The van der Waals surface area contributed by atoms with E-state index >= 15 is 0 Å². The van der Waals surface area contributed by atoms with Crippen LogP contribution in [0.15, 0.2) is 48.5 Å². The van der Waals surface area contributed by atoms with Gasteiger partial charge in [-0.2, -0.15) is 0 Å². The molecule has 0 aromatic heterocycles. The normalized spacial score (nSPS) is 11.1. The summed E-state index contributed by atoms with van der Waals surface area (Å²) in [5.41, 5.74) is 0. The lowest BCUT2D eigenvalue weighted by Crippen LogP contribution is -1.99. The molecule has 0 N–H and O–H groups in total. The lowest BCUT2D eigenvalue weighted by atomic mass is 10.0. The Morgan fingerprint density at radius 1 is 0.895 bits per heavy atom. The third-order valence-electron chi connectivity index (χ3n) is 3.11. The summed E-state index contributed by atoms with van der Waals surface area (Å²) in [6, 6.07) is 16.4. The summed E-state index contributed by atoms with van der Waals surface area (Å²) in [5.74, 6) is 1.16. The Balaban J connectivity index is 2.27. The molecule has 96 valence electrons. The van der Waals surface area contributed by atoms with Crippen LogP contribution >= 0.6 is 23.2 Å². The maximum Gasteiger partial charge on any atom is 0.145 e. The number of hydrogen-bond donors (Lipinski definition) is 0. The Hall–Kier alpha value is -1.44. The van der Waals surface area contributed by atoms with Crippen LogP contribution in [0.5, 0.6) is 5.75 Å². The highest BCUT2D eigenvalue weighted by Gasteiger charge is 2.08. The van der Waals surface area contributed by atoms with Gasteiger partial charge in [0, 0.05) is 5.39 Å². The van der Waals surface area contributed by atoms with Crippen LogP contribution in [-0.2, 0) is 0 Å². The monoisotopic (exact) mass is 290 g/mol. The Bertz CT molecular complexity index is 737. The van der Waals surface area contributed by atoms with Crippen LogP contribution in [0.25, 0.3) is 21.5 Å². The maximum atomic E-state index is 6.22. The van der Waals surface area contributed by atoms with Gasteiger partial charge in [0.2, 0.25) is 0 Å². The molecule has 0 heterocycles. The van der Waals surface area contributed by atoms with E-state index in [1.54, 1.807) is 0 Å². The molecule has 0 bridgehead atoms. The lowest BCUT2D eigenvalue weighted by molar-refractivity contribution is 0.347. The number of fused-ring (bicyclic) bond motifs is 2. The quantitative estimate of drug-likeness (QED) is 0.472. The van der Waals surface area contributed by atoms with E-state index < -0.39 is 0 Å². The van der Waals surface area contributed by atoms with Crippen LogP contribution < -0.4 is 4.74 Å². The number of rotatable bonds is 3. The molecule has 3 rings (SSSR count). The molecule has 0 aliphatic rings. The highest BCUT2D eigenvalue weighted by molar-refractivity contribution is 6.33. The Morgan fingerprint density at radius 2 is 1.63 bits per heavy atom. The van der Waals surface area contributed by atoms with Crippen LogP contribution in [0.3, 0.4) is 0 Å². The van der Waals surface area contributed by atoms with Gasteiger partial charge in [0.15, 0.2) is 0 Å². The summed E-state index contributed by atoms with van der Waals surface area (Å²) in [6.07, 6.45) is 0. The predicted molar refractivity (Wildman–Crippen MR) is 82.7 cm³/mol. The molecule has 0 atom stereocenters. The summed E-state index contributed by atoms with van der Waals surface area (Å²) >= 11 is 11.9. The van der Waals surface area contributed by atoms with Gasteiger partial charge in [-0.1, -0.05) is 41.9 Å². The van der Waals surface area contributed by atoms with Crippen molar-refractivity contribution in [2.45, 2.75) is 0 Å². The van der Waals surface area contributed by atoms with Crippen LogP contribution in [0, 0.1) is 0 Å². The molecular formula is C16H12Cl2O. The zero-order chi connectivity index (χ0) is 13.2. The fourth-order valence-corrected chi connectivity index (χ4v) is 2.54. The highest BCUT2D eigenvalue weighted by atomic mass is 35.5. The van der Waals surface area contributed by atoms with Crippen molar-refractivity contribution in [1.82, 2.24) is 0 Å². The summed E-state index contributed by atoms with van der Waals surface area (Å²) in [4.78, 5) is 0. The van der Waals surface area contributed by atoms with Crippen molar-refractivity contribution < 1.29 is 4.74 Å². The summed E-state index contributed by atoms with van der Waals surface area (Å²) in [5, 5.41) is 5.14. The van der Waals surface area contributed by atoms with Crippen LogP contribution in [-0.4, -0.2) is 12.5 Å². The third-order valence-corrected chi connectivity index (χ3v) is 3.56. The van der Waals surface area contributed by atoms with Gasteiger partial charge in [-0.05, 0) is 34.4 Å². The second kappa shape index (κ2) is 5.28. The lowest BCUT2D eigenvalue weighted by Gasteiger charge is -2.11. The Labute approximate surface area is 121 Å². The molecule has 3 aromatic carbocycles. The van der Waals surface area contributed by atoms with Crippen LogP contribution in [0.1, 0.15) is 0 Å². The van der Waals surface area contributed by atoms with Crippen molar-refractivity contribution in [3.8, 4) is 5.75 Å². The minimum atomic E-state index is 0.445. The van der Waals surface area contributed by atoms with Gasteiger partial charge in [0.05, 0.1) is 10.9 Å². The molecule has 1 nitrogen and oxygen atoms in total. The Kier molecular flexibility index (Phi) is 3.50. The number of hydrogen-bond acceptors (Lipinski definition) is 1. The van der Waals surface area contributed by atoms with E-state index in [9.17, 15) is 0 Å². The molecule has 0 spiro atoms. The zero-order valence-electron chi connectivity index (χ0n) is 10.2. The van der Waals surface area contributed by atoms with Crippen molar-refractivity contribution in [1.29, 1.82) is 0 Å². The van der Waals surface area contributed by atoms with Gasteiger partial charge in [-0.15, -0.1) is 11.6 Å². The number of halogens is 2. The number of benzene rings is 3. The molecular weight excluding hydrogens is 279 g/mol. The molecule has 0 aliphatic heterocycles. The average Bonchev–Trinajstić information content (AvgIpc) is 2.44. The first-order chi connectivity index (χ1) is 9.29. The fraction of sp³-hybridized carbons (Fsp3) is 0.125. The van der Waals surface area contributed by atoms with Gasteiger partial charge < -0.3 is 4.74 Å².